The summed E-state index contributed by atoms with van der Waals surface area (Å²) in [5, 5.41) is 14.9. The molecule has 0 spiro atoms. The zero-order valence-corrected chi connectivity index (χ0v) is 11.1. The smallest absolute Gasteiger partial charge is 0.314 e. The summed E-state index contributed by atoms with van der Waals surface area (Å²) in [6.45, 7) is 0.328. The maximum atomic E-state index is 13.3. The molecule has 0 bridgehead atoms. The lowest BCUT2D eigenvalue weighted by Crippen LogP contribution is -2.50. The van der Waals surface area contributed by atoms with Crippen LogP contribution in [0.1, 0.15) is 24.8 Å². The van der Waals surface area contributed by atoms with Crippen LogP contribution in [-0.2, 0) is 6.42 Å². The molecular formula is C14H18F2N2O2. The summed E-state index contributed by atoms with van der Waals surface area (Å²) >= 11 is 0. The molecule has 0 aliphatic heterocycles. The van der Waals surface area contributed by atoms with Crippen molar-refractivity contribution >= 4 is 6.03 Å². The highest BCUT2D eigenvalue weighted by Crippen LogP contribution is 2.30. The van der Waals surface area contributed by atoms with E-state index >= 15 is 0 Å². The first-order chi connectivity index (χ1) is 9.50. The largest absolute Gasteiger partial charge is 0.388 e. The lowest BCUT2D eigenvalue weighted by atomic mass is 9.80. The molecule has 0 atom stereocenters. The Labute approximate surface area is 116 Å². The monoisotopic (exact) mass is 284 g/mol. The van der Waals surface area contributed by atoms with Crippen LogP contribution in [0.5, 0.6) is 0 Å². The lowest BCUT2D eigenvalue weighted by Gasteiger charge is -2.36. The molecule has 2 rings (SSSR count). The Morgan fingerprint density at radius 1 is 1.25 bits per heavy atom. The van der Waals surface area contributed by atoms with Gasteiger partial charge in [-0.25, -0.2) is 13.6 Å². The number of nitrogens with one attached hydrogen (secondary N) is 2. The average molecular weight is 284 g/mol. The summed E-state index contributed by atoms with van der Waals surface area (Å²) in [6, 6.07) is 3.23. The summed E-state index contributed by atoms with van der Waals surface area (Å²) < 4.78 is 26.7. The van der Waals surface area contributed by atoms with Gasteiger partial charge in [-0.05, 0) is 37.8 Å². The number of benzene rings is 1. The lowest BCUT2D eigenvalue weighted by molar-refractivity contribution is -0.0290. The number of amides is 2. The third kappa shape index (κ3) is 3.66. The molecule has 0 radical (unpaired) electrons. The van der Waals surface area contributed by atoms with Gasteiger partial charge in [0.05, 0.1) is 5.60 Å². The number of hydrogen-bond acceptors (Lipinski definition) is 2. The van der Waals surface area contributed by atoms with Crippen LogP contribution in [0.4, 0.5) is 13.6 Å². The normalized spacial score (nSPS) is 16.4. The van der Waals surface area contributed by atoms with Crippen LogP contribution in [0.3, 0.4) is 0 Å². The molecule has 20 heavy (non-hydrogen) atoms. The van der Waals surface area contributed by atoms with Gasteiger partial charge in [0.25, 0.3) is 0 Å². The molecule has 4 nitrogen and oxygen atoms in total. The summed E-state index contributed by atoms with van der Waals surface area (Å²) in [5.41, 5.74) is -0.819. The molecule has 3 N–H and O–H groups in total. The van der Waals surface area contributed by atoms with Crippen molar-refractivity contribution in [1.29, 1.82) is 0 Å². The van der Waals surface area contributed by atoms with Gasteiger partial charge in [0, 0.05) is 18.7 Å². The topological polar surface area (TPSA) is 61.4 Å². The first kappa shape index (κ1) is 14.7. The van der Waals surface area contributed by atoms with Crippen LogP contribution in [0.2, 0.25) is 0 Å². The molecule has 110 valence electrons. The quantitative estimate of drug-likeness (QED) is 0.771. The Kier molecular flexibility index (Phi) is 4.54. The van der Waals surface area contributed by atoms with E-state index in [1.54, 1.807) is 0 Å². The second-order valence-electron chi connectivity index (χ2n) is 5.14. The average Bonchev–Trinajstić information content (AvgIpc) is 2.37. The second kappa shape index (κ2) is 6.17. The Bertz CT molecular complexity index is 470. The zero-order valence-electron chi connectivity index (χ0n) is 11.1. The van der Waals surface area contributed by atoms with E-state index in [-0.39, 0.29) is 25.1 Å². The van der Waals surface area contributed by atoms with Crippen molar-refractivity contribution in [1.82, 2.24) is 10.6 Å². The van der Waals surface area contributed by atoms with Gasteiger partial charge in [-0.15, -0.1) is 0 Å². The number of carbonyl (C=O) groups excluding carboxylic acids is 1. The molecule has 0 unspecified atom stereocenters. The van der Waals surface area contributed by atoms with Gasteiger partial charge in [0.2, 0.25) is 0 Å². The van der Waals surface area contributed by atoms with E-state index in [4.69, 9.17) is 0 Å². The number of rotatable bonds is 5. The van der Waals surface area contributed by atoms with Crippen LogP contribution < -0.4 is 10.6 Å². The van der Waals surface area contributed by atoms with Crippen molar-refractivity contribution in [2.45, 2.75) is 31.3 Å². The minimum absolute atomic E-state index is 0.0366. The summed E-state index contributed by atoms with van der Waals surface area (Å²) in [6.07, 6.45) is 2.42. The standard InChI is InChI=1S/C14H18F2N2O2/c15-11-3-1-4-12(16)10(11)5-8-17-13(19)18-9-14(20)6-2-7-14/h1,3-4,20H,2,5-9H2,(H2,17,18,19). The minimum atomic E-state index is -0.783. The van der Waals surface area contributed by atoms with Gasteiger partial charge < -0.3 is 15.7 Å². The van der Waals surface area contributed by atoms with Crippen molar-refractivity contribution in [3.63, 3.8) is 0 Å². The molecular weight excluding hydrogens is 266 g/mol. The zero-order chi connectivity index (χ0) is 14.6. The van der Waals surface area contributed by atoms with Crippen LogP contribution >= 0.6 is 0 Å². The first-order valence-corrected chi connectivity index (χ1v) is 6.67. The van der Waals surface area contributed by atoms with Crippen LogP contribution in [-0.4, -0.2) is 29.8 Å². The van der Waals surface area contributed by atoms with Gasteiger partial charge in [0.1, 0.15) is 11.6 Å². The molecule has 1 aliphatic rings. The summed E-state index contributed by atoms with van der Waals surface area (Å²) in [5.74, 6) is -1.23. The van der Waals surface area contributed by atoms with Crippen molar-refractivity contribution in [3.8, 4) is 0 Å². The molecule has 0 aromatic heterocycles. The van der Waals surface area contributed by atoms with Crippen molar-refractivity contribution in [3.05, 3.63) is 35.4 Å². The van der Waals surface area contributed by atoms with Crippen molar-refractivity contribution in [2.75, 3.05) is 13.1 Å². The fourth-order valence-corrected chi connectivity index (χ4v) is 2.14. The predicted octanol–water partition coefficient (Wildman–Crippen LogP) is 1.72. The van der Waals surface area contributed by atoms with E-state index in [9.17, 15) is 18.7 Å². The van der Waals surface area contributed by atoms with E-state index in [0.29, 0.717) is 12.8 Å². The minimum Gasteiger partial charge on any atom is -0.388 e. The van der Waals surface area contributed by atoms with E-state index in [1.165, 1.54) is 18.2 Å². The van der Waals surface area contributed by atoms with Crippen molar-refractivity contribution < 1.29 is 18.7 Å². The number of aliphatic hydroxyl groups is 1. The molecule has 1 saturated carbocycles. The van der Waals surface area contributed by atoms with Crippen LogP contribution in [0, 0.1) is 11.6 Å². The van der Waals surface area contributed by atoms with Crippen molar-refractivity contribution in [2.24, 2.45) is 0 Å². The van der Waals surface area contributed by atoms with E-state index in [0.717, 1.165) is 6.42 Å². The molecule has 0 heterocycles. The van der Waals surface area contributed by atoms with E-state index in [2.05, 4.69) is 10.6 Å². The molecule has 1 fully saturated rings. The molecule has 1 aliphatic carbocycles. The molecule has 1 aromatic rings. The van der Waals surface area contributed by atoms with E-state index in [1.807, 2.05) is 0 Å². The molecule has 0 saturated heterocycles. The maximum Gasteiger partial charge on any atom is 0.314 e. The van der Waals surface area contributed by atoms with Gasteiger partial charge in [-0.2, -0.15) is 0 Å². The number of urea groups is 1. The predicted molar refractivity (Wildman–Crippen MR) is 70.3 cm³/mol. The SMILES string of the molecule is O=C(NCCc1c(F)cccc1F)NCC1(O)CCC1. The molecule has 2 amide bonds. The first-order valence-electron chi connectivity index (χ1n) is 6.67. The van der Waals surface area contributed by atoms with Gasteiger partial charge in [-0.3, -0.25) is 0 Å². The Morgan fingerprint density at radius 2 is 1.90 bits per heavy atom. The second-order valence-corrected chi connectivity index (χ2v) is 5.14. The summed E-state index contributed by atoms with van der Waals surface area (Å²) in [7, 11) is 0. The maximum absolute atomic E-state index is 13.3. The van der Waals surface area contributed by atoms with Gasteiger partial charge in [-0.1, -0.05) is 6.07 Å². The van der Waals surface area contributed by atoms with Crippen LogP contribution in [0.15, 0.2) is 18.2 Å². The molecule has 6 heteroatoms. The third-order valence-electron chi connectivity index (χ3n) is 3.58. The highest BCUT2D eigenvalue weighted by molar-refractivity contribution is 5.73. The summed E-state index contributed by atoms with van der Waals surface area (Å²) in [4.78, 5) is 11.5. The Balaban J connectivity index is 1.71. The number of hydrogen-bond donors (Lipinski definition) is 3. The van der Waals surface area contributed by atoms with Crippen LogP contribution in [0.25, 0.3) is 0 Å². The highest BCUT2D eigenvalue weighted by Gasteiger charge is 2.34. The third-order valence-corrected chi connectivity index (χ3v) is 3.58. The fourth-order valence-electron chi connectivity index (χ4n) is 2.14. The molecule has 1 aromatic carbocycles. The number of carbonyl (C=O) groups is 1. The van der Waals surface area contributed by atoms with Gasteiger partial charge >= 0.3 is 6.03 Å². The Morgan fingerprint density at radius 3 is 2.45 bits per heavy atom. The number of halogens is 2. The Hall–Kier alpha value is -1.69. The van der Waals surface area contributed by atoms with Gasteiger partial charge in [0.15, 0.2) is 0 Å². The van der Waals surface area contributed by atoms with E-state index < -0.39 is 23.3 Å². The highest BCUT2D eigenvalue weighted by atomic mass is 19.1. The fraction of sp³-hybridized carbons (Fsp3) is 0.500.